The summed E-state index contributed by atoms with van der Waals surface area (Å²) in [5, 5.41) is 16.2. The van der Waals surface area contributed by atoms with E-state index in [-0.39, 0.29) is 5.69 Å². The smallest absolute Gasteiger partial charge is 0.341 e. The van der Waals surface area contributed by atoms with Crippen molar-refractivity contribution in [3.63, 3.8) is 0 Å². The third-order valence-corrected chi connectivity index (χ3v) is 5.37. The topological polar surface area (TPSA) is 111 Å². The van der Waals surface area contributed by atoms with Gasteiger partial charge >= 0.3 is 11.9 Å². The third-order valence-electron chi connectivity index (χ3n) is 4.17. The number of carbonyl (C=O) groups is 3. The highest BCUT2D eigenvalue weighted by Crippen LogP contribution is 2.39. The number of ether oxygens (including phenoxy) is 1. The van der Waals surface area contributed by atoms with Gasteiger partial charge in [-0.05, 0) is 37.8 Å². The van der Waals surface area contributed by atoms with Crippen LogP contribution in [0.2, 0.25) is 0 Å². The molecule has 2 heterocycles. The molecule has 1 aliphatic carbocycles. The quantitative estimate of drug-likeness (QED) is 0.787. The molecule has 0 saturated heterocycles. The largest absolute Gasteiger partial charge is 0.480 e. The van der Waals surface area contributed by atoms with E-state index in [4.69, 9.17) is 9.84 Å². The Labute approximate surface area is 147 Å². The van der Waals surface area contributed by atoms with Crippen molar-refractivity contribution in [2.24, 2.45) is 0 Å². The number of esters is 1. The second kappa shape index (κ2) is 6.67. The monoisotopic (exact) mass is 363 g/mol. The summed E-state index contributed by atoms with van der Waals surface area (Å²) in [5.74, 6) is -2.10. The molecule has 0 saturated carbocycles. The molecule has 0 bridgehead atoms. The number of hydrogen-bond donors (Lipinski definition) is 2. The highest BCUT2D eigenvalue weighted by atomic mass is 32.1. The summed E-state index contributed by atoms with van der Waals surface area (Å²) >= 11 is 1.36. The first-order valence-corrected chi connectivity index (χ1v) is 8.56. The Morgan fingerprint density at radius 2 is 2.16 bits per heavy atom. The van der Waals surface area contributed by atoms with Gasteiger partial charge in [-0.1, -0.05) is 0 Å². The predicted octanol–water partition coefficient (Wildman–Crippen LogP) is 2.12. The van der Waals surface area contributed by atoms with Crippen LogP contribution in [0.15, 0.2) is 12.3 Å². The molecule has 2 aromatic heterocycles. The number of aromatic nitrogens is 2. The first-order chi connectivity index (χ1) is 11.9. The molecule has 1 unspecified atom stereocenters. The Kier molecular flexibility index (Phi) is 4.58. The van der Waals surface area contributed by atoms with Gasteiger partial charge in [0.05, 0.1) is 12.7 Å². The van der Waals surface area contributed by atoms with Crippen molar-refractivity contribution in [2.45, 2.75) is 32.2 Å². The summed E-state index contributed by atoms with van der Waals surface area (Å²) < 4.78 is 5.98. The van der Waals surface area contributed by atoms with Gasteiger partial charge in [-0.3, -0.25) is 4.79 Å². The van der Waals surface area contributed by atoms with E-state index in [1.807, 2.05) is 0 Å². The number of fused-ring (bicyclic) bond motifs is 1. The fraction of sp³-hybridized carbons (Fsp3) is 0.375. The van der Waals surface area contributed by atoms with Gasteiger partial charge in [-0.25, -0.2) is 14.3 Å². The van der Waals surface area contributed by atoms with E-state index < -0.39 is 23.9 Å². The maximum atomic E-state index is 12.6. The third kappa shape index (κ3) is 3.02. The Hall–Kier alpha value is -2.68. The number of methoxy groups -OCH3 is 1. The summed E-state index contributed by atoms with van der Waals surface area (Å²) in [6, 6.07) is 0.456. The molecule has 3 rings (SSSR count). The molecule has 2 aromatic rings. The Bertz CT molecular complexity index is 854. The van der Waals surface area contributed by atoms with E-state index in [0.717, 1.165) is 34.4 Å². The van der Waals surface area contributed by atoms with Crippen LogP contribution in [-0.2, 0) is 22.4 Å². The number of carboxylic acid groups (broad SMARTS) is 1. The first-order valence-electron chi connectivity index (χ1n) is 7.74. The lowest BCUT2D eigenvalue weighted by Crippen LogP contribution is -2.24. The lowest BCUT2D eigenvalue weighted by atomic mass is 10.1. The number of nitrogens with one attached hydrogen (secondary N) is 1. The van der Waals surface area contributed by atoms with Crippen LogP contribution < -0.4 is 5.32 Å². The molecule has 0 aliphatic heterocycles. The summed E-state index contributed by atoms with van der Waals surface area (Å²) in [6.45, 7) is 1.44. The second-order valence-electron chi connectivity index (χ2n) is 5.68. The molecule has 1 aliphatic rings. The van der Waals surface area contributed by atoms with Crippen LogP contribution in [0.4, 0.5) is 5.00 Å². The van der Waals surface area contributed by atoms with Crippen molar-refractivity contribution in [1.82, 2.24) is 9.78 Å². The lowest BCUT2D eigenvalue weighted by Gasteiger charge is -2.12. The number of nitrogens with zero attached hydrogens (tertiary/aromatic N) is 2. The van der Waals surface area contributed by atoms with Gasteiger partial charge in [0, 0.05) is 11.1 Å². The van der Waals surface area contributed by atoms with Gasteiger partial charge in [-0.15, -0.1) is 11.3 Å². The molecule has 0 radical (unpaired) electrons. The highest BCUT2D eigenvalue weighted by Gasteiger charge is 2.29. The molecule has 132 valence electrons. The predicted molar refractivity (Wildman–Crippen MR) is 90.2 cm³/mol. The van der Waals surface area contributed by atoms with Crippen LogP contribution in [0.3, 0.4) is 0 Å². The van der Waals surface area contributed by atoms with Crippen molar-refractivity contribution in [1.29, 1.82) is 0 Å². The number of thiophene rings is 1. The number of aliphatic carboxylic acids is 1. The Morgan fingerprint density at radius 1 is 1.40 bits per heavy atom. The number of hydrogen-bond acceptors (Lipinski definition) is 6. The lowest BCUT2D eigenvalue weighted by molar-refractivity contribution is -0.140. The van der Waals surface area contributed by atoms with Gasteiger partial charge in [0.25, 0.3) is 5.91 Å². The molecule has 9 heteroatoms. The Balaban J connectivity index is 1.92. The van der Waals surface area contributed by atoms with Crippen molar-refractivity contribution < 1.29 is 24.2 Å². The van der Waals surface area contributed by atoms with E-state index in [0.29, 0.717) is 10.6 Å². The number of carboxylic acids is 1. The van der Waals surface area contributed by atoms with Crippen molar-refractivity contribution in [2.75, 3.05) is 12.4 Å². The maximum Gasteiger partial charge on any atom is 0.341 e. The zero-order chi connectivity index (χ0) is 18.1. The number of amides is 1. The molecule has 0 aromatic carbocycles. The summed E-state index contributed by atoms with van der Waals surface area (Å²) in [6.07, 6.45) is 3.99. The van der Waals surface area contributed by atoms with Crippen molar-refractivity contribution in [3.05, 3.63) is 34.0 Å². The minimum absolute atomic E-state index is 0.110. The van der Waals surface area contributed by atoms with E-state index in [2.05, 4.69) is 10.4 Å². The standard InChI is InChI=1S/C16H17N3O5S/c1-8(15(21)22)19-10(6-7-17-19)13(20)18-14-12(16(23)24-2)9-4-3-5-11(9)25-14/h6-8H,3-5H2,1-2H3,(H,18,20)(H,21,22). The molecular formula is C16H17N3O5S. The van der Waals surface area contributed by atoms with Gasteiger partial charge in [-0.2, -0.15) is 5.10 Å². The van der Waals surface area contributed by atoms with Gasteiger partial charge in [0.2, 0.25) is 0 Å². The zero-order valence-electron chi connectivity index (χ0n) is 13.7. The SMILES string of the molecule is COC(=O)c1c(NC(=O)c2ccnn2C(C)C(=O)O)sc2c1CCC2. The maximum absolute atomic E-state index is 12.6. The molecule has 1 amide bonds. The molecule has 1 atom stereocenters. The van der Waals surface area contributed by atoms with E-state index in [9.17, 15) is 14.4 Å². The van der Waals surface area contributed by atoms with Crippen LogP contribution in [0.5, 0.6) is 0 Å². The van der Waals surface area contributed by atoms with Gasteiger partial charge in [0.15, 0.2) is 0 Å². The van der Waals surface area contributed by atoms with Gasteiger partial charge in [0.1, 0.15) is 16.7 Å². The fourth-order valence-electron chi connectivity index (χ4n) is 2.88. The zero-order valence-corrected chi connectivity index (χ0v) is 14.6. The van der Waals surface area contributed by atoms with Crippen LogP contribution in [-0.4, -0.2) is 39.8 Å². The number of anilines is 1. The summed E-state index contributed by atoms with van der Waals surface area (Å²) in [5.41, 5.74) is 1.43. The highest BCUT2D eigenvalue weighted by molar-refractivity contribution is 7.17. The van der Waals surface area contributed by atoms with E-state index in [1.165, 1.54) is 37.6 Å². The Morgan fingerprint density at radius 3 is 2.84 bits per heavy atom. The molecular weight excluding hydrogens is 346 g/mol. The van der Waals surface area contributed by atoms with Crippen molar-refractivity contribution >= 4 is 34.2 Å². The fourth-order valence-corrected chi connectivity index (χ4v) is 4.16. The molecule has 0 fully saturated rings. The molecule has 25 heavy (non-hydrogen) atoms. The molecule has 2 N–H and O–H groups in total. The van der Waals surface area contributed by atoms with E-state index >= 15 is 0 Å². The number of aryl methyl sites for hydroxylation is 1. The molecule has 8 nitrogen and oxygen atoms in total. The second-order valence-corrected chi connectivity index (χ2v) is 6.79. The van der Waals surface area contributed by atoms with Crippen molar-refractivity contribution in [3.8, 4) is 0 Å². The summed E-state index contributed by atoms with van der Waals surface area (Å²) in [4.78, 5) is 37.0. The molecule has 0 spiro atoms. The average Bonchev–Trinajstić information content (AvgIpc) is 3.28. The first kappa shape index (κ1) is 17.2. The summed E-state index contributed by atoms with van der Waals surface area (Å²) in [7, 11) is 1.30. The van der Waals surface area contributed by atoms with Gasteiger partial charge < -0.3 is 15.2 Å². The average molecular weight is 363 g/mol. The number of rotatable bonds is 5. The van der Waals surface area contributed by atoms with Crippen LogP contribution >= 0.6 is 11.3 Å². The minimum Gasteiger partial charge on any atom is -0.480 e. The van der Waals surface area contributed by atoms with Crippen LogP contribution in [0.25, 0.3) is 0 Å². The number of carbonyl (C=O) groups excluding carboxylic acids is 2. The minimum atomic E-state index is -1.09. The van der Waals surface area contributed by atoms with Crippen LogP contribution in [0, 0.1) is 0 Å². The van der Waals surface area contributed by atoms with E-state index in [1.54, 1.807) is 0 Å². The van der Waals surface area contributed by atoms with Crippen LogP contribution in [0.1, 0.15) is 50.7 Å². The normalized spacial score (nSPS) is 14.0.